The Morgan fingerprint density at radius 1 is 0.926 bits per heavy atom. The molecule has 1 unspecified atom stereocenters. The number of para-hydroxylation sites is 1. The van der Waals surface area contributed by atoms with Crippen LogP contribution in [-0.4, -0.2) is 9.91 Å². The van der Waals surface area contributed by atoms with Gasteiger partial charge in [0.05, 0.1) is 16.1 Å². The van der Waals surface area contributed by atoms with Crippen LogP contribution in [0, 0.1) is 10.1 Å². The third kappa shape index (κ3) is 2.52. The molecule has 0 amide bonds. The number of nitrogens with zero attached hydrogens (tertiary/aromatic N) is 2. The first kappa shape index (κ1) is 15.5. The van der Waals surface area contributed by atoms with E-state index in [1.807, 2.05) is 60.7 Å². The van der Waals surface area contributed by atoms with Crippen LogP contribution in [0.5, 0.6) is 5.75 Å². The van der Waals surface area contributed by atoms with E-state index in [0.29, 0.717) is 5.52 Å². The second-order valence-electron chi connectivity index (χ2n) is 6.47. The van der Waals surface area contributed by atoms with Gasteiger partial charge in [-0.05, 0) is 29.8 Å². The first-order valence-corrected chi connectivity index (χ1v) is 8.61. The van der Waals surface area contributed by atoms with E-state index in [1.54, 1.807) is 6.07 Å². The molecule has 1 aliphatic rings. The molecule has 1 aliphatic heterocycles. The van der Waals surface area contributed by atoms with E-state index in [9.17, 15) is 10.1 Å². The molecule has 5 rings (SSSR count). The van der Waals surface area contributed by atoms with Gasteiger partial charge in [0.2, 0.25) is 0 Å². The van der Waals surface area contributed by atoms with Crippen molar-refractivity contribution in [3.63, 3.8) is 0 Å². The Balaban J connectivity index is 1.79. The number of nitro groups is 1. The van der Waals surface area contributed by atoms with Gasteiger partial charge in [-0.1, -0.05) is 42.5 Å². The Kier molecular flexibility index (Phi) is 3.40. The topological polar surface area (TPSA) is 65.3 Å². The van der Waals surface area contributed by atoms with Crippen LogP contribution in [0.1, 0.15) is 17.2 Å². The number of rotatable bonds is 2. The lowest BCUT2D eigenvalue weighted by molar-refractivity contribution is -0.384. The predicted octanol–water partition coefficient (Wildman–Crippen LogP) is 5.29. The average Bonchev–Trinajstić information content (AvgIpc) is 2.72. The van der Waals surface area contributed by atoms with E-state index in [4.69, 9.17) is 9.72 Å². The second-order valence-corrected chi connectivity index (χ2v) is 6.47. The Labute approximate surface area is 155 Å². The molecule has 1 atom stereocenters. The smallest absolute Gasteiger partial charge is 0.271 e. The minimum atomic E-state index is -0.398. The van der Waals surface area contributed by atoms with Crippen LogP contribution in [0.15, 0.2) is 78.9 Å². The molecule has 0 aliphatic carbocycles. The standard InChI is InChI=1S/C22H14N2O3/c25-24(26)16-11-10-15-12-18-21(23-19(15)13-16)17-8-4-5-9-20(17)27-22(18)14-6-2-1-3-7-14/h1-13,22H. The molecule has 27 heavy (non-hydrogen) atoms. The van der Waals surface area contributed by atoms with Crippen LogP contribution in [0.4, 0.5) is 5.69 Å². The fourth-order valence-corrected chi connectivity index (χ4v) is 3.53. The Morgan fingerprint density at radius 2 is 1.70 bits per heavy atom. The number of benzene rings is 3. The molecule has 5 nitrogen and oxygen atoms in total. The normalized spacial score (nSPS) is 14.9. The lowest BCUT2D eigenvalue weighted by Gasteiger charge is -2.28. The Morgan fingerprint density at radius 3 is 2.52 bits per heavy atom. The number of fused-ring (bicyclic) bond motifs is 4. The maximum absolute atomic E-state index is 11.1. The summed E-state index contributed by atoms with van der Waals surface area (Å²) in [6.45, 7) is 0. The van der Waals surface area contributed by atoms with E-state index >= 15 is 0 Å². The van der Waals surface area contributed by atoms with Gasteiger partial charge < -0.3 is 4.74 Å². The summed E-state index contributed by atoms with van der Waals surface area (Å²) in [5.41, 5.74) is 4.34. The maximum Gasteiger partial charge on any atom is 0.271 e. The molecule has 5 heteroatoms. The molecule has 0 fully saturated rings. The zero-order valence-electron chi connectivity index (χ0n) is 14.2. The van der Waals surface area contributed by atoms with Crippen molar-refractivity contribution in [3.8, 4) is 17.0 Å². The first-order chi connectivity index (χ1) is 13.2. The molecule has 3 aromatic carbocycles. The van der Waals surface area contributed by atoms with Crippen molar-refractivity contribution in [2.45, 2.75) is 6.10 Å². The van der Waals surface area contributed by atoms with Crippen LogP contribution >= 0.6 is 0 Å². The lowest BCUT2D eigenvalue weighted by atomic mass is 9.92. The number of aromatic nitrogens is 1. The molecule has 4 aromatic rings. The zero-order chi connectivity index (χ0) is 18.4. The van der Waals surface area contributed by atoms with Crippen molar-refractivity contribution < 1.29 is 9.66 Å². The molecule has 130 valence electrons. The van der Waals surface area contributed by atoms with Crippen LogP contribution in [0.3, 0.4) is 0 Å². The highest BCUT2D eigenvalue weighted by molar-refractivity contribution is 5.87. The summed E-state index contributed by atoms with van der Waals surface area (Å²) in [6.07, 6.45) is -0.275. The molecule has 0 saturated carbocycles. The Bertz CT molecular complexity index is 1190. The van der Waals surface area contributed by atoms with Crippen LogP contribution in [0.2, 0.25) is 0 Å². The van der Waals surface area contributed by atoms with Crippen molar-refractivity contribution in [2.24, 2.45) is 0 Å². The first-order valence-electron chi connectivity index (χ1n) is 8.61. The van der Waals surface area contributed by atoms with Gasteiger partial charge in [0.25, 0.3) is 5.69 Å². The van der Waals surface area contributed by atoms with E-state index in [-0.39, 0.29) is 11.8 Å². The lowest BCUT2D eigenvalue weighted by Crippen LogP contribution is -2.16. The number of hydrogen-bond donors (Lipinski definition) is 0. The summed E-state index contributed by atoms with van der Waals surface area (Å²) in [6, 6.07) is 24.5. The molecule has 0 spiro atoms. The summed E-state index contributed by atoms with van der Waals surface area (Å²) in [5.74, 6) is 0.760. The minimum Gasteiger partial charge on any atom is -0.480 e. The predicted molar refractivity (Wildman–Crippen MR) is 103 cm³/mol. The van der Waals surface area contributed by atoms with Gasteiger partial charge in [0.1, 0.15) is 5.75 Å². The quantitative estimate of drug-likeness (QED) is 0.362. The van der Waals surface area contributed by atoms with Gasteiger partial charge in [-0.25, -0.2) is 4.98 Å². The van der Waals surface area contributed by atoms with Crippen LogP contribution in [-0.2, 0) is 0 Å². The largest absolute Gasteiger partial charge is 0.480 e. The molecule has 0 saturated heterocycles. The number of hydrogen-bond acceptors (Lipinski definition) is 4. The third-order valence-electron chi connectivity index (χ3n) is 4.81. The van der Waals surface area contributed by atoms with Crippen LogP contribution < -0.4 is 4.74 Å². The van der Waals surface area contributed by atoms with Gasteiger partial charge in [-0.2, -0.15) is 0 Å². The zero-order valence-corrected chi connectivity index (χ0v) is 14.2. The highest BCUT2D eigenvalue weighted by Gasteiger charge is 2.29. The summed E-state index contributed by atoms with van der Waals surface area (Å²) in [7, 11) is 0. The van der Waals surface area contributed by atoms with E-state index < -0.39 is 4.92 Å². The third-order valence-corrected chi connectivity index (χ3v) is 4.81. The summed E-state index contributed by atoms with van der Waals surface area (Å²) in [4.78, 5) is 15.5. The highest BCUT2D eigenvalue weighted by atomic mass is 16.6. The number of non-ortho nitro benzene ring substituents is 1. The summed E-state index contributed by atoms with van der Waals surface area (Å²) in [5, 5.41) is 12.0. The average molecular weight is 354 g/mol. The van der Waals surface area contributed by atoms with Crippen molar-refractivity contribution in [1.29, 1.82) is 0 Å². The molecule has 2 heterocycles. The van der Waals surface area contributed by atoms with Gasteiger partial charge in [0, 0.05) is 28.6 Å². The van der Waals surface area contributed by atoms with Crippen molar-refractivity contribution in [2.75, 3.05) is 0 Å². The minimum absolute atomic E-state index is 0.0369. The molecular weight excluding hydrogens is 340 g/mol. The van der Waals surface area contributed by atoms with Crippen molar-refractivity contribution in [3.05, 3.63) is 100 Å². The maximum atomic E-state index is 11.1. The Hall–Kier alpha value is -3.73. The summed E-state index contributed by atoms with van der Waals surface area (Å²) < 4.78 is 6.31. The van der Waals surface area contributed by atoms with Gasteiger partial charge >= 0.3 is 0 Å². The van der Waals surface area contributed by atoms with Crippen molar-refractivity contribution in [1.82, 2.24) is 4.98 Å². The monoisotopic (exact) mass is 354 g/mol. The van der Waals surface area contributed by atoms with E-state index in [1.165, 1.54) is 12.1 Å². The number of ether oxygens (including phenoxy) is 1. The molecular formula is C22H14N2O3. The SMILES string of the molecule is O=[N+]([O-])c1ccc2cc3c(nc2c1)-c1ccccc1OC3c1ccccc1. The van der Waals surface area contributed by atoms with Gasteiger partial charge in [-0.15, -0.1) is 0 Å². The molecule has 1 aromatic heterocycles. The summed E-state index contributed by atoms with van der Waals surface area (Å²) >= 11 is 0. The molecule has 0 radical (unpaired) electrons. The van der Waals surface area contributed by atoms with Gasteiger partial charge in [0.15, 0.2) is 6.10 Å². The fraction of sp³-hybridized carbons (Fsp3) is 0.0455. The van der Waals surface area contributed by atoms with E-state index in [2.05, 4.69) is 0 Å². The highest BCUT2D eigenvalue weighted by Crippen LogP contribution is 2.44. The van der Waals surface area contributed by atoms with Crippen LogP contribution in [0.25, 0.3) is 22.2 Å². The number of pyridine rings is 1. The van der Waals surface area contributed by atoms with Gasteiger partial charge in [-0.3, -0.25) is 10.1 Å². The fourth-order valence-electron chi connectivity index (χ4n) is 3.53. The molecule has 0 N–H and O–H groups in total. The number of nitro benzene ring substituents is 1. The van der Waals surface area contributed by atoms with E-state index in [0.717, 1.165) is 33.5 Å². The van der Waals surface area contributed by atoms with Crippen molar-refractivity contribution >= 4 is 16.6 Å². The second kappa shape index (κ2) is 5.92. The molecule has 0 bridgehead atoms.